The lowest BCUT2D eigenvalue weighted by atomic mass is 10.1. The van der Waals surface area contributed by atoms with E-state index in [4.69, 9.17) is 4.42 Å². The Hall–Kier alpha value is -2.07. The largest absolute Gasteiger partial charge is 0.460 e. The first-order valence-electron chi connectivity index (χ1n) is 8.25. The van der Waals surface area contributed by atoms with E-state index >= 15 is 0 Å². The molecule has 0 fully saturated rings. The third-order valence-corrected chi connectivity index (χ3v) is 4.09. The molecule has 2 aromatic carbocycles. The Labute approximate surface area is 155 Å². The van der Waals surface area contributed by atoms with Gasteiger partial charge in [0, 0.05) is 12.1 Å². The van der Waals surface area contributed by atoms with Crippen LogP contribution >= 0.6 is 12.4 Å². The molecule has 3 nitrogen and oxygen atoms in total. The fraction of sp³-hybridized carbons (Fsp3) is 0.238. The van der Waals surface area contributed by atoms with E-state index in [0.29, 0.717) is 6.54 Å². The summed E-state index contributed by atoms with van der Waals surface area (Å²) in [4.78, 5) is 0. The van der Waals surface area contributed by atoms with Crippen LogP contribution in [0.4, 0.5) is 0 Å². The van der Waals surface area contributed by atoms with Gasteiger partial charge in [-0.15, -0.1) is 12.4 Å². The number of hydrogen-bond donors (Lipinski definition) is 2. The zero-order valence-corrected chi connectivity index (χ0v) is 15.3. The third kappa shape index (κ3) is 5.20. The van der Waals surface area contributed by atoms with Crippen molar-refractivity contribution in [2.75, 3.05) is 0 Å². The van der Waals surface area contributed by atoms with Crippen molar-refractivity contribution in [2.24, 2.45) is 0 Å². The zero-order valence-electron chi connectivity index (χ0n) is 14.5. The van der Waals surface area contributed by atoms with Gasteiger partial charge in [-0.25, -0.2) is 0 Å². The maximum atomic E-state index is 9.56. The summed E-state index contributed by atoms with van der Waals surface area (Å²) in [6, 6.07) is 20.3. The Balaban J connectivity index is 0.00000225. The highest BCUT2D eigenvalue weighted by Gasteiger charge is 2.06. The molecule has 3 rings (SSSR count). The molecule has 132 valence electrons. The van der Waals surface area contributed by atoms with Crippen LogP contribution in [0.5, 0.6) is 0 Å². The Morgan fingerprint density at radius 1 is 0.920 bits per heavy atom. The highest BCUT2D eigenvalue weighted by Crippen LogP contribution is 2.24. The predicted molar refractivity (Wildman–Crippen MR) is 104 cm³/mol. The molecule has 3 aromatic rings. The van der Waals surface area contributed by atoms with Crippen molar-refractivity contribution in [1.29, 1.82) is 0 Å². The first-order valence-corrected chi connectivity index (χ1v) is 8.25. The number of hydrogen-bond acceptors (Lipinski definition) is 3. The molecule has 1 unspecified atom stereocenters. The SMILES string of the molecule is Cc1ccc(CNCc2ccc(-c3ccc(C(C)O)cc3)o2)cc1.Cl. The molecule has 0 saturated heterocycles. The van der Waals surface area contributed by atoms with Crippen molar-refractivity contribution in [2.45, 2.75) is 33.0 Å². The van der Waals surface area contributed by atoms with Gasteiger partial charge in [0.2, 0.25) is 0 Å². The van der Waals surface area contributed by atoms with E-state index < -0.39 is 6.10 Å². The van der Waals surface area contributed by atoms with Crippen LogP contribution in [0.1, 0.15) is 35.5 Å². The van der Waals surface area contributed by atoms with Gasteiger partial charge in [0.1, 0.15) is 11.5 Å². The lowest BCUT2D eigenvalue weighted by Gasteiger charge is -2.05. The summed E-state index contributed by atoms with van der Waals surface area (Å²) in [5, 5.41) is 13.0. The van der Waals surface area contributed by atoms with Crippen LogP contribution in [-0.2, 0) is 13.1 Å². The number of halogens is 1. The molecule has 0 aliphatic rings. The van der Waals surface area contributed by atoms with Gasteiger partial charge in [-0.3, -0.25) is 0 Å². The Kier molecular flexibility index (Phi) is 6.82. The second-order valence-electron chi connectivity index (χ2n) is 6.15. The minimum atomic E-state index is -0.447. The highest BCUT2D eigenvalue weighted by atomic mass is 35.5. The zero-order chi connectivity index (χ0) is 16.9. The molecule has 1 aromatic heterocycles. The monoisotopic (exact) mass is 357 g/mol. The van der Waals surface area contributed by atoms with E-state index in [9.17, 15) is 5.11 Å². The van der Waals surface area contributed by atoms with Gasteiger partial charge >= 0.3 is 0 Å². The van der Waals surface area contributed by atoms with Gasteiger partial charge < -0.3 is 14.8 Å². The summed E-state index contributed by atoms with van der Waals surface area (Å²) < 4.78 is 5.90. The van der Waals surface area contributed by atoms with Crippen molar-refractivity contribution in [1.82, 2.24) is 5.32 Å². The van der Waals surface area contributed by atoms with Gasteiger partial charge in [0.15, 0.2) is 0 Å². The van der Waals surface area contributed by atoms with E-state index in [1.165, 1.54) is 11.1 Å². The molecule has 1 atom stereocenters. The molecule has 2 N–H and O–H groups in total. The maximum Gasteiger partial charge on any atom is 0.134 e. The number of furan rings is 1. The molecular formula is C21H24ClNO2. The third-order valence-electron chi connectivity index (χ3n) is 4.09. The smallest absolute Gasteiger partial charge is 0.134 e. The Morgan fingerprint density at radius 2 is 1.60 bits per heavy atom. The lowest BCUT2D eigenvalue weighted by Crippen LogP contribution is -2.11. The normalized spacial score (nSPS) is 11.8. The lowest BCUT2D eigenvalue weighted by molar-refractivity contribution is 0.199. The minimum Gasteiger partial charge on any atom is -0.460 e. The molecule has 0 amide bonds. The molecular weight excluding hydrogens is 334 g/mol. The van der Waals surface area contributed by atoms with Crippen LogP contribution in [0.15, 0.2) is 65.1 Å². The highest BCUT2D eigenvalue weighted by molar-refractivity contribution is 5.85. The predicted octanol–water partition coefficient (Wildman–Crippen LogP) is 5.02. The standard InChI is InChI=1S/C21H23NO2.ClH/c1-15-3-5-17(6-4-15)13-22-14-20-11-12-21(24-20)19-9-7-18(8-10-19)16(2)23;/h3-12,16,22-23H,13-14H2,1-2H3;1H. The number of nitrogens with one attached hydrogen (secondary N) is 1. The quantitative estimate of drug-likeness (QED) is 0.651. The molecule has 0 radical (unpaired) electrons. The van der Waals surface area contributed by atoms with Crippen molar-refractivity contribution >= 4 is 12.4 Å². The molecule has 1 heterocycles. The fourth-order valence-corrected chi connectivity index (χ4v) is 2.59. The first kappa shape index (κ1) is 19.3. The summed E-state index contributed by atoms with van der Waals surface area (Å²) >= 11 is 0. The molecule has 0 aliphatic heterocycles. The molecule has 25 heavy (non-hydrogen) atoms. The van der Waals surface area contributed by atoms with Crippen LogP contribution in [0, 0.1) is 6.92 Å². The number of aliphatic hydroxyl groups excluding tert-OH is 1. The van der Waals surface area contributed by atoms with Crippen molar-refractivity contribution in [3.8, 4) is 11.3 Å². The van der Waals surface area contributed by atoms with Crippen LogP contribution in [0.25, 0.3) is 11.3 Å². The average molecular weight is 358 g/mol. The summed E-state index contributed by atoms with van der Waals surface area (Å²) in [5.41, 5.74) is 4.46. The number of aryl methyl sites for hydroxylation is 1. The molecule has 0 aliphatic carbocycles. The Morgan fingerprint density at radius 3 is 2.24 bits per heavy atom. The second kappa shape index (κ2) is 8.86. The fourth-order valence-electron chi connectivity index (χ4n) is 2.59. The molecule has 0 spiro atoms. The van der Waals surface area contributed by atoms with Crippen molar-refractivity contribution in [3.63, 3.8) is 0 Å². The van der Waals surface area contributed by atoms with E-state index in [0.717, 1.165) is 29.2 Å². The minimum absolute atomic E-state index is 0. The summed E-state index contributed by atoms with van der Waals surface area (Å²) in [5.74, 6) is 1.76. The van der Waals surface area contributed by atoms with Crippen LogP contribution in [0.2, 0.25) is 0 Å². The van der Waals surface area contributed by atoms with Gasteiger partial charge in [-0.1, -0.05) is 54.1 Å². The molecule has 0 bridgehead atoms. The van der Waals surface area contributed by atoms with Gasteiger partial charge in [-0.05, 0) is 37.1 Å². The van der Waals surface area contributed by atoms with Gasteiger partial charge in [-0.2, -0.15) is 0 Å². The van der Waals surface area contributed by atoms with E-state index in [-0.39, 0.29) is 12.4 Å². The summed E-state index contributed by atoms with van der Waals surface area (Å²) in [6.07, 6.45) is -0.447. The van der Waals surface area contributed by atoms with Crippen LogP contribution in [0.3, 0.4) is 0 Å². The van der Waals surface area contributed by atoms with Crippen molar-refractivity contribution < 1.29 is 9.52 Å². The van der Waals surface area contributed by atoms with Crippen molar-refractivity contribution in [3.05, 3.63) is 83.1 Å². The van der Waals surface area contributed by atoms with E-state index in [2.05, 4.69) is 36.5 Å². The second-order valence-corrected chi connectivity index (χ2v) is 6.15. The topological polar surface area (TPSA) is 45.4 Å². The number of benzene rings is 2. The van der Waals surface area contributed by atoms with Gasteiger partial charge in [0.05, 0.1) is 12.6 Å². The Bertz CT molecular complexity index is 776. The van der Waals surface area contributed by atoms with Crippen LogP contribution in [-0.4, -0.2) is 5.11 Å². The summed E-state index contributed by atoms with van der Waals surface area (Å²) in [6.45, 7) is 5.37. The number of aliphatic hydroxyl groups is 1. The first-order chi connectivity index (χ1) is 11.6. The maximum absolute atomic E-state index is 9.56. The molecule has 4 heteroatoms. The van der Waals surface area contributed by atoms with Crippen LogP contribution < -0.4 is 5.32 Å². The average Bonchev–Trinajstić information content (AvgIpc) is 3.06. The molecule has 0 saturated carbocycles. The summed E-state index contributed by atoms with van der Waals surface area (Å²) in [7, 11) is 0. The number of rotatable bonds is 6. The van der Waals surface area contributed by atoms with Gasteiger partial charge in [0.25, 0.3) is 0 Å². The van der Waals surface area contributed by atoms with E-state index in [1.54, 1.807) is 6.92 Å². The van der Waals surface area contributed by atoms with E-state index in [1.807, 2.05) is 36.4 Å².